The summed E-state index contributed by atoms with van der Waals surface area (Å²) in [7, 11) is 0. The van der Waals surface area contributed by atoms with Crippen LogP contribution in [0.25, 0.3) is 0 Å². The van der Waals surface area contributed by atoms with Crippen LogP contribution in [0.15, 0.2) is 24.3 Å². The van der Waals surface area contributed by atoms with E-state index < -0.39 is 0 Å². The minimum absolute atomic E-state index is 0.102. The van der Waals surface area contributed by atoms with Crippen LogP contribution in [0.5, 0.6) is 0 Å². The Morgan fingerprint density at radius 2 is 1.81 bits per heavy atom. The molecule has 0 amide bonds. The molecule has 0 radical (unpaired) electrons. The van der Waals surface area contributed by atoms with Crippen molar-refractivity contribution in [1.29, 1.82) is 0 Å². The zero-order valence-electron chi connectivity index (χ0n) is 10.7. The highest BCUT2D eigenvalue weighted by molar-refractivity contribution is 5.23. The summed E-state index contributed by atoms with van der Waals surface area (Å²) in [4.78, 5) is 0. The van der Waals surface area contributed by atoms with Crippen molar-refractivity contribution in [3.8, 4) is 0 Å². The minimum Gasteiger partial charge on any atom is -0.323 e. The lowest BCUT2D eigenvalue weighted by molar-refractivity contribution is 0.482. The summed E-state index contributed by atoms with van der Waals surface area (Å²) >= 11 is 0. The van der Waals surface area contributed by atoms with E-state index in [4.69, 9.17) is 5.73 Å². The molecule has 2 heteroatoms. The van der Waals surface area contributed by atoms with E-state index in [1.165, 1.54) is 17.5 Å². The van der Waals surface area contributed by atoms with Gasteiger partial charge in [0.2, 0.25) is 0 Å². The van der Waals surface area contributed by atoms with Crippen molar-refractivity contribution in [2.75, 3.05) is 13.1 Å². The number of hydrogen-bond donors (Lipinski definition) is 2. The van der Waals surface area contributed by atoms with E-state index in [0.29, 0.717) is 0 Å². The fraction of sp³-hybridized carbons (Fsp3) is 0.571. The molecule has 16 heavy (non-hydrogen) atoms. The Hall–Kier alpha value is -0.860. The first-order chi connectivity index (χ1) is 7.63. The molecule has 0 fully saturated rings. The van der Waals surface area contributed by atoms with E-state index in [2.05, 4.69) is 50.4 Å². The first-order valence-electron chi connectivity index (χ1n) is 6.16. The molecule has 1 rings (SSSR count). The molecule has 0 saturated heterocycles. The predicted molar refractivity (Wildman–Crippen MR) is 70.4 cm³/mol. The maximum atomic E-state index is 6.11. The molecular weight excluding hydrogens is 196 g/mol. The first kappa shape index (κ1) is 13.2. The Kier molecular flexibility index (Phi) is 5.50. The number of nitrogens with one attached hydrogen (secondary N) is 1. The highest BCUT2D eigenvalue weighted by Crippen LogP contribution is 2.10. The topological polar surface area (TPSA) is 38.0 Å². The van der Waals surface area contributed by atoms with Crippen LogP contribution in [0, 0.1) is 12.8 Å². The SMILES string of the molecule is CCC(C)CNCC(N)c1ccc(C)cc1. The third kappa shape index (κ3) is 4.33. The second kappa shape index (κ2) is 6.66. The van der Waals surface area contributed by atoms with Gasteiger partial charge in [0.25, 0.3) is 0 Å². The van der Waals surface area contributed by atoms with Crippen molar-refractivity contribution >= 4 is 0 Å². The third-order valence-electron chi connectivity index (χ3n) is 3.06. The van der Waals surface area contributed by atoms with Crippen molar-refractivity contribution in [2.45, 2.75) is 33.2 Å². The van der Waals surface area contributed by atoms with Crippen molar-refractivity contribution < 1.29 is 0 Å². The third-order valence-corrected chi connectivity index (χ3v) is 3.06. The quantitative estimate of drug-likeness (QED) is 0.773. The molecular formula is C14H24N2. The smallest absolute Gasteiger partial charge is 0.0421 e. The Morgan fingerprint density at radius 3 is 2.38 bits per heavy atom. The van der Waals surface area contributed by atoms with Gasteiger partial charge in [0, 0.05) is 12.6 Å². The van der Waals surface area contributed by atoms with Gasteiger partial charge in [-0.3, -0.25) is 0 Å². The highest BCUT2D eigenvalue weighted by Gasteiger charge is 2.05. The molecule has 3 N–H and O–H groups in total. The van der Waals surface area contributed by atoms with Gasteiger partial charge in [-0.1, -0.05) is 50.1 Å². The van der Waals surface area contributed by atoms with Crippen LogP contribution >= 0.6 is 0 Å². The lowest BCUT2D eigenvalue weighted by Gasteiger charge is -2.15. The zero-order chi connectivity index (χ0) is 12.0. The first-order valence-corrected chi connectivity index (χ1v) is 6.16. The summed E-state index contributed by atoms with van der Waals surface area (Å²) in [6, 6.07) is 8.56. The predicted octanol–water partition coefficient (Wildman–Crippen LogP) is 2.63. The van der Waals surface area contributed by atoms with E-state index >= 15 is 0 Å². The molecule has 0 aromatic heterocycles. The molecule has 0 bridgehead atoms. The molecule has 0 heterocycles. The van der Waals surface area contributed by atoms with Crippen molar-refractivity contribution in [1.82, 2.24) is 5.32 Å². The Labute approximate surface area is 99.2 Å². The van der Waals surface area contributed by atoms with Gasteiger partial charge in [-0.15, -0.1) is 0 Å². The second-order valence-corrected chi connectivity index (χ2v) is 4.69. The van der Waals surface area contributed by atoms with Gasteiger partial charge in [0.1, 0.15) is 0 Å². The van der Waals surface area contributed by atoms with E-state index in [0.717, 1.165) is 19.0 Å². The van der Waals surface area contributed by atoms with Gasteiger partial charge in [-0.05, 0) is 24.9 Å². The average molecular weight is 220 g/mol. The fourth-order valence-electron chi connectivity index (χ4n) is 1.56. The average Bonchev–Trinajstić information content (AvgIpc) is 2.29. The van der Waals surface area contributed by atoms with Crippen LogP contribution in [0.2, 0.25) is 0 Å². The van der Waals surface area contributed by atoms with Crippen LogP contribution in [-0.2, 0) is 0 Å². The van der Waals surface area contributed by atoms with E-state index in [1.807, 2.05) is 0 Å². The molecule has 2 unspecified atom stereocenters. The molecule has 0 aliphatic heterocycles. The number of nitrogens with two attached hydrogens (primary N) is 1. The number of hydrogen-bond acceptors (Lipinski definition) is 2. The molecule has 0 saturated carbocycles. The molecule has 0 spiro atoms. The molecule has 2 nitrogen and oxygen atoms in total. The van der Waals surface area contributed by atoms with Gasteiger partial charge in [0.05, 0.1) is 0 Å². The summed E-state index contributed by atoms with van der Waals surface area (Å²) in [5.41, 5.74) is 8.60. The maximum absolute atomic E-state index is 6.11. The summed E-state index contributed by atoms with van der Waals surface area (Å²) < 4.78 is 0. The summed E-state index contributed by atoms with van der Waals surface area (Å²) in [6.07, 6.45) is 1.22. The summed E-state index contributed by atoms with van der Waals surface area (Å²) in [5, 5.41) is 3.42. The van der Waals surface area contributed by atoms with Crippen molar-refractivity contribution in [3.63, 3.8) is 0 Å². The van der Waals surface area contributed by atoms with Crippen LogP contribution in [0.4, 0.5) is 0 Å². The number of aryl methyl sites for hydroxylation is 1. The van der Waals surface area contributed by atoms with Gasteiger partial charge in [-0.25, -0.2) is 0 Å². The molecule has 2 atom stereocenters. The summed E-state index contributed by atoms with van der Waals surface area (Å²) in [6.45, 7) is 8.47. The monoisotopic (exact) mass is 220 g/mol. The van der Waals surface area contributed by atoms with Gasteiger partial charge in [0.15, 0.2) is 0 Å². The van der Waals surface area contributed by atoms with Gasteiger partial charge in [-0.2, -0.15) is 0 Å². The maximum Gasteiger partial charge on any atom is 0.0421 e. The normalized spacial score (nSPS) is 14.8. The Balaban J connectivity index is 2.35. The van der Waals surface area contributed by atoms with Crippen molar-refractivity contribution in [2.24, 2.45) is 11.7 Å². The van der Waals surface area contributed by atoms with E-state index in [-0.39, 0.29) is 6.04 Å². The summed E-state index contributed by atoms with van der Waals surface area (Å²) in [5.74, 6) is 0.727. The highest BCUT2D eigenvalue weighted by atomic mass is 14.9. The lowest BCUT2D eigenvalue weighted by Crippen LogP contribution is -2.30. The standard InChI is InChI=1S/C14H24N2/c1-4-11(2)9-16-10-14(15)13-7-5-12(3)6-8-13/h5-8,11,14,16H,4,9-10,15H2,1-3H3. The lowest BCUT2D eigenvalue weighted by atomic mass is 10.1. The second-order valence-electron chi connectivity index (χ2n) is 4.69. The van der Waals surface area contributed by atoms with E-state index in [9.17, 15) is 0 Å². The molecule has 1 aromatic carbocycles. The van der Waals surface area contributed by atoms with Crippen LogP contribution < -0.4 is 11.1 Å². The van der Waals surface area contributed by atoms with Crippen LogP contribution in [0.3, 0.4) is 0 Å². The Bertz CT molecular complexity index is 292. The minimum atomic E-state index is 0.102. The molecule has 90 valence electrons. The van der Waals surface area contributed by atoms with Crippen molar-refractivity contribution in [3.05, 3.63) is 35.4 Å². The van der Waals surface area contributed by atoms with Crippen LogP contribution in [0.1, 0.15) is 37.4 Å². The molecule has 0 aliphatic carbocycles. The zero-order valence-corrected chi connectivity index (χ0v) is 10.7. The molecule has 0 aliphatic rings. The van der Waals surface area contributed by atoms with Gasteiger partial charge < -0.3 is 11.1 Å². The fourth-order valence-corrected chi connectivity index (χ4v) is 1.56. The van der Waals surface area contributed by atoms with Crippen LogP contribution in [-0.4, -0.2) is 13.1 Å². The largest absolute Gasteiger partial charge is 0.323 e. The number of rotatable bonds is 6. The van der Waals surface area contributed by atoms with E-state index in [1.54, 1.807) is 0 Å². The van der Waals surface area contributed by atoms with Gasteiger partial charge >= 0.3 is 0 Å². The Morgan fingerprint density at radius 1 is 1.19 bits per heavy atom. The molecule has 1 aromatic rings. The number of benzene rings is 1.